The van der Waals surface area contributed by atoms with Crippen LogP contribution in [0.15, 0.2) is 36.0 Å². The molecular weight excluding hydrogens is 287 g/mol. The molecule has 1 aromatic carbocycles. The first-order chi connectivity index (χ1) is 9.13. The minimum Gasteiger partial charge on any atom is -0.388 e. The molecule has 3 nitrogen and oxygen atoms in total. The molecule has 0 fully saturated rings. The topological polar surface area (TPSA) is 37.5 Å². The lowest BCUT2D eigenvalue weighted by molar-refractivity contribution is 0.177. The molecule has 3 aromatic rings. The monoisotopic (exact) mass is 296 g/mol. The highest BCUT2D eigenvalue weighted by atomic mass is 35.5. The van der Waals surface area contributed by atoms with Crippen molar-refractivity contribution < 1.29 is 9.50 Å². The molecule has 2 heterocycles. The molecule has 0 radical (unpaired) electrons. The summed E-state index contributed by atoms with van der Waals surface area (Å²) in [6.45, 7) is 0. The highest BCUT2D eigenvalue weighted by Crippen LogP contribution is 2.23. The Morgan fingerprint density at radius 2 is 2.32 bits per heavy atom. The number of rotatable bonds is 3. The van der Waals surface area contributed by atoms with Gasteiger partial charge < -0.3 is 5.11 Å². The maximum Gasteiger partial charge on any atom is 0.193 e. The minimum absolute atomic E-state index is 0.0541. The second-order valence-electron chi connectivity index (χ2n) is 4.22. The Labute approximate surface area is 117 Å². The maximum absolute atomic E-state index is 13.3. The van der Waals surface area contributed by atoms with Crippen molar-refractivity contribution in [3.8, 4) is 0 Å². The molecule has 0 spiro atoms. The van der Waals surface area contributed by atoms with E-state index in [9.17, 15) is 9.50 Å². The van der Waals surface area contributed by atoms with E-state index in [0.29, 0.717) is 12.0 Å². The molecule has 1 N–H and O–H groups in total. The average Bonchev–Trinajstić information content (AvgIpc) is 2.93. The molecule has 19 heavy (non-hydrogen) atoms. The first-order valence-corrected chi connectivity index (χ1v) is 6.93. The van der Waals surface area contributed by atoms with Crippen molar-refractivity contribution in [1.82, 2.24) is 9.38 Å². The summed E-state index contributed by atoms with van der Waals surface area (Å²) in [6, 6.07) is 4.32. The Hall–Kier alpha value is -1.43. The van der Waals surface area contributed by atoms with Gasteiger partial charge in [-0.1, -0.05) is 17.7 Å². The van der Waals surface area contributed by atoms with Gasteiger partial charge in [-0.2, -0.15) is 0 Å². The van der Waals surface area contributed by atoms with Gasteiger partial charge in [0.05, 0.1) is 16.8 Å². The number of thiazole rings is 1. The van der Waals surface area contributed by atoms with Crippen molar-refractivity contribution in [2.75, 3.05) is 0 Å². The van der Waals surface area contributed by atoms with Crippen LogP contribution >= 0.6 is 22.9 Å². The van der Waals surface area contributed by atoms with E-state index in [4.69, 9.17) is 11.6 Å². The van der Waals surface area contributed by atoms with Gasteiger partial charge in [-0.05, 0) is 17.7 Å². The van der Waals surface area contributed by atoms with Crippen LogP contribution in [0.3, 0.4) is 0 Å². The van der Waals surface area contributed by atoms with E-state index in [2.05, 4.69) is 4.98 Å². The molecule has 0 aliphatic carbocycles. The molecule has 3 rings (SSSR count). The first-order valence-electron chi connectivity index (χ1n) is 5.67. The number of halogens is 2. The third-order valence-electron chi connectivity index (χ3n) is 2.87. The summed E-state index contributed by atoms with van der Waals surface area (Å²) in [5.74, 6) is -0.524. The standard InChI is InChI=1S/C13H10ClFN2OS/c14-10-2-1-8(5-11(10)15)12(18)6-9-7-17-3-4-19-13(17)16-9/h1-5,7,12,18H,6H2. The number of imidazole rings is 1. The van der Waals surface area contributed by atoms with Gasteiger partial charge in [-0.15, -0.1) is 11.3 Å². The lowest BCUT2D eigenvalue weighted by Crippen LogP contribution is -2.02. The summed E-state index contributed by atoms with van der Waals surface area (Å²) < 4.78 is 15.2. The van der Waals surface area contributed by atoms with Crippen molar-refractivity contribution in [3.63, 3.8) is 0 Å². The second kappa shape index (κ2) is 4.92. The van der Waals surface area contributed by atoms with Gasteiger partial charge in [0, 0.05) is 24.2 Å². The molecule has 1 atom stereocenters. The van der Waals surface area contributed by atoms with Gasteiger partial charge >= 0.3 is 0 Å². The van der Waals surface area contributed by atoms with E-state index >= 15 is 0 Å². The average molecular weight is 297 g/mol. The van der Waals surface area contributed by atoms with Crippen molar-refractivity contribution in [3.05, 3.63) is 58.1 Å². The van der Waals surface area contributed by atoms with Crippen molar-refractivity contribution in [1.29, 1.82) is 0 Å². The van der Waals surface area contributed by atoms with Gasteiger partial charge in [-0.3, -0.25) is 4.40 Å². The number of benzene rings is 1. The first kappa shape index (κ1) is 12.6. The zero-order valence-corrected chi connectivity index (χ0v) is 11.3. The van der Waals surface area contributed by atoms with Crippen molar-refractivity contribution >= 4 is 27.9 Å². The van der Waals surface area contributed by atoms with E-state index in [1.807, 2.05) is 22.2 Å². The van der Waals surface area contributed by atoms with Crippen LogP contribution in [0.1, 0.15) is 17.4 Å². The summed E-state index contributed by atoms with van der Waals surface area (Å²) in [5, 5.41) is 12.1. The van der Waals surface area contributed by atoms with Crippen molar-refractivity contribution in [2.45, 2.75) is 12.5 Å². The van der Waals surface area contributed by atoms with Crippen LogP contribution in [-0.4, -0.2) is 14.5 Å². The van der Waals surface area contributed by atoms with Crippen LogP contribution in [0.5, 0.6) is 0 Å². The largest absolute Gasteiger partial charge is 0.388 e. The van der Waals surface area contributed by atoms with Gasteiger partial charge in [0.2, 0.25) is 0 Å². The minimum atomic E-state index is -0.795. The molecule has 0 aliphatic heterocycles. The fourth-order valence-electron chi connectivity index (χ4n) is 1.91. The zero-order chi connectivity index (χ0) is 13.4. The van der Waals surface area contributed by atoms with E-state index in [0.717, 1.165) is 10.7 Å². The SMILES string of the molecule is OC(Cc1cn2ccsc2n1)c1ccc(Cl)c(F)c1. The highest BCUT2D eigenvalue weighted by Gasteiger charge is 2.13. The van der Waals surface area contributed by atoms with Crippen LogP contribution in [0.4, 0.5) is 4.39 Å². The summed E-state index contributed by atoms with van der Waals surface area (Å²) in [5.41, 5.74) is 1.27. The third kappa shape index (κ3) is 2.49. The summed E-state index contributed by atoms with van der Waals surface area (Å²) in [6.07, 6.45) is 3.32. The van der Waals surface area contributed by atoms with Gasteiger partial charge in [0.1, 0.15) is 5.82 Å². The Balaban J connectivity index is 1.82. The number of hydrogen-bond acceptors (Lipinski definition) is 3. The number of nitrogens with zero attached hydrogens (tertiary/aromatic N) is 2. The van der Waals surface area contributed by atoms with Gasteiger partial charge in [0.15, 0.2) is 4.96 Å². The Morgan fingerprint density at radius 3 is 3.05 bits per heavy atom. The van der Waals surface area contributed by atoms with Gasteiger partial charge in [-0.25, -0.2) is 9.37 Å². The van der Waals surface area contributed by atoms with E-state index in [1.165, 1.54) is 23.5 Å². The normalized spacial score (nSPS) is 13.0. The highest BCUT2D eigenvalue weighted by molar-refractivity contribution is 7.15. The number of aromatic nitrogens is 2. The number of aliphatic hydroxyl groups is 1. The Morgan fingerprint density at radius 1 is 1.47 bits per heavy atom. The molecule has 0 amide bonds. The molecule has 0 saturated heterocycles. The molecule has 2 aromatic heterocycles. The summed E-state index contributed by atoms with van der Waals surface area (Å²) in [4.78, 5) is 5.26. The van der Waals surface area contributed by atoms with E-state index in [1.54, 1.807) is 6.07 Å². The molecule has 1 unspecified atom stereocenters. The molecule has 98 valence electrons. The lowest BCUT2D eigenvalue weighted by Gasteiger charge is -2.09. The fraction of sp³-hybridized carbons (Fsp3) is 0.154. The quantitative estimate of drug-likeness (QED) is 0.803. The second-order valence-corrected chi connectivity index (χ2v) is 5.50. The molecular formula is C13H10ClFN2OS. The van der Waals surface area contributed by atoms with Crippen LogP contribution in [0, 0.1) is 5.82 Å². The smallest absolute Gasteiger partial charge is 0.193 e. The van der Waals surface area contributed by atoms with E-state index < -0.39 is 11.9 Å². The van der Waals surface area contributed by atoms with Crippen LogP contribution in [0.2, 0.25) is 5.02 Å². The Kier molecular flexibility index (Phi) is 3.26. The third-order valence-corrected chi connectivity index (χ3v) is 3.95. The molecule has 0 aliphatic rings. The van der Waals surface area contributed by atoms with Crippen molar-refractivity contribution in [2.24, 2.45) is 0 Å². The Bertz CT molecular complexity index is 696. The lowest BCUT2D eigenvalue weighted by atomic mass is 10.1. The predicted octanol–water partition coefficient (Wildman–Crippen LogP) is 3.46. The predicted molar refractivity (Wildman–Crippen MR) is 73.1 cm³/mol. The number of aliphatic hydroxyl groups excluding tert-OH is 1. The van der Waals surface area contributed by atoms with Crippen LogP contribution < -0.4 is 0 Å². The van der Waals surface area contributed by atoms with Crippen LogP contribution in [-0.2, 0) is 6.42 Å². The number of hydrogen-bond donors (Lipinski definition) is 1. The fourth-order valence-corrected chi connectivity index (χ4v) is 2.75. The number of fused-ring (bicyclic) bond motifs is 1. The van der Waals surface area contributed by atoms with E-state index in [-0.39, 0.29) is 5.02 Å². The maximum atomic E-state index is 13.3. The molecule has 6 heteroatoms. The molecule has 0 bridgehead atoms. The summed E-state index contributed by atoms with van der Waals surface area (Å²) >= 11 is 7.14. The zero-order valence-electron chi connectivity index (χ0n) is 9.75. The summed E-state index contributed by atoms with van der Waals surface area (Å²) in [7, 11) is 0. The molecule has 0 saturated carbocycles. The van der Waals surface area contributed by atoms with Gasteiger partial charge in [0.25, 0.3) is 0 Å². The van der Waals surface area contributed by atoms with Crippen LogP contribution in [0.25, 0.3) is 4.96 Å².